The van der Waals surface area contributed by atoms with E-state index in [1.54, 1.807) is 4.90 Å². The van der Waals surface area contributed by atoms with Gasteiger partial charge in [-0.1, -0.05) is 18.2 Å². The molecule has 2 aromatic rings. The third kappa shape index (κ3) is 3.03. The quantitative estimate of drug-likeness (QED) is 0.835. The Kier molecular flexibility index (Phi) is 4.54. The van der Waals surface area contributed by atoms with Gasteiger partial charge in [-0.05, 0) is 25.1 Å². The van der Waals surface area contributed by atoms with Gasteiger partial charge in [0.15, 0.2) is 0 Å². The Morgan fingerprint density at radius 3 is 2.48 bits per heavy atom. The highest BCUT2D eigenvalue weighted by molar-refractivity contribution is 5.58. The summed E-state index contributed by atoms with van der Waals surface area (Å²) >= 11 is 0. The standard InChI is InChI=1S/C14H19N5O2/c1-17-13(20)12(16-18(2)14(17)21)19(10-6-9-15)11-7-4-3-5-8-11/h3-5,7-8H,6,9-10,15H2,1-2H3. The summed E-state index contributed by atoms with van der Waals surface area (Å²) in [6.45, 7) is 1.07. The zero-order valence-corrected chi connectivity index (χ0v) is 12.2. The number of rotatable bonds is 5. The van der Waals surface area contributed by atoms with Gasteiger partial charge in [0, 0.05) is 26.3 Å². The van der Waals surface area contributed by atoms with E-state index in [0.29, 0.717) is 19.5 Å². The molecule has 0 spiro atoms. The predicted octanol–water partition coefficient (Wildman–Crippen LogP) is -0.0341. The minimum absolute atomic E-state index is 0.222. The summed E-state index contributed by atoms with van der Waals surface area (Å²) < 4.78 is 2.22. The van der Waals surface area contributed by atoms with Crippen molar-refractivity contribution in [2.45, 2.75) is 6.42 Å². The topological polar surface area (TPSA) is 86.2 Å². The highest BCUT2D eigenvalue weighted by Gasteiger charge is 2.17. The lowest BCUT2D eigenvalue weighted by atomic mass is 10.2. The van der Waals surface area contributed by atoms with Crippen LogP contribution in [0, 0.1) is 0 Å². The maximum absolute atomic E-state index is 12.3. The maximum Gasteiger partial charge on any atom is 0.346 e. The minimum atomic E-state index is -0.449. The molecule has 21 heavy (non-hydrogen) atoms. The van der Waals surface area contributed by atoms with Crippen LogP contribution in [0.5, 0.6) is 0 Å². The van der Waals surface area contributed by atoms with Gasteiger partial charge >= 0.3 is 5.69 Å². The Morgan fingerprint density at radius 1 is 1.19 bits per heavy atom. The lowest BCUT2D eigenvalue weighted by Gasteiger charge is -2.23. The highest BCUT2D eigenvalue weighted by atomic mass is 16.2. The molecule has 0 saturated heterocycles. The van der Waals surface area contributed by atoms with Crippen LogP contribution in [-0.2, 0) is 14.1 Å². The van der Waals surface area contributed by atoms with E-state index < -0.39 is 11.2 Å². The Morgan fingerprint density at radius 2 is 1.86 bits per heavy atom. The van der Waals surface area contributed by atoms with Crippen LogP contribution in [0.1, 0.15) is 6.42 Å². The van der Waals surface area contributed by atoms with Gasteiger partial charge in [-0.15, -0.1) is 5.10 Å². The normalized spacial score (nSPS) is 10.6. The van der Waals surface area contributed by atoms with Gasteiger partial charge in [0.2, 0.25) is 5.82 Å². The zero-order chi connectivity index (χ0) is 15.4. The Labute approximate surface area is 122 Å². The molecule has 0 atom stereocenters. The van der Waals surface area contributed by atoms with Crippen molar-refractivity contribution in [1.29, 1.82) is 0 Å². The van der Waals surface area contributed by atoms with Crippen LogP contribution in [0.15, 0.2) is 39.9 Å². The van der Waals surface area contributed by atoms with Gasteiger partial charge in [-0.25, -0.2) is 9.48 Å². The number of hydrogen-bond acceptors (Lipinski definition) is 5. The molecule has 1 heterocycles. The molecule has 2 rings (SSSR count). The zero-order valence-electron chi connectivity index (χ0n) is 12.2. The molecule has 0 aliphatic carbocycles. The SMILES string of the molecule is Cn1nc(N(CCCN)c2ccccc2)c(=O)n(C)c1=O. The molecule has 0 bridgehead atoms. The molecule has 0 unspecified atom stereocenters. The van der Waals surface area contributed by atoms with Gasteiger partial charge in [-0.2, -0.15) is 0 Å². The van der Waals surface area contributed by atoms with Crippen LogP contribution in [0.2, 0.25) is 0 Å². The number of aromatic nitrogens is 3. The fourth-order valence-electron chi connectivity index (χ4n) is 2.07. The lowest BCUT2D eigenvalue weighted by Crippen LogP contribution is -2.42. The van der Waals surface area contributed by atoms with E-state index in [1.165, 1.54) is 14.1 Å². The first kappa shape index (κ1) is 15.0. The van der Waals surface area contributed by atoms with Crippen LogP contribution >= 0.6 is 0 Å². The number of para-hydroxylation sites is 1. The van der Waals surface area contributed by atoms with E-state index >= 15 is 0 Å². The second kappa shape index (κ2) is 6.36. The van der Waals surface area contributed by atoms with Crippen molar-refractivity contribution >= 4 is 11.5 Å². The molecule has 0 saturated carbocycles. The van der Waals surface area contributed by atoms with E-state index in [0.717, 1.165) is 14.9 Å². The second-order valence-electron chi connectivity index (χ2n) is 4.72. The summed E-state index contributed by atoms with van der Waals surface area (Å²) in [7, 11) is 2.97. The molecule has 0 aliphatic rings. The largest absolute Gasteiger partial charge is 0.346 e. The van der Waals surface area contributed by atoms with Crippen molar-refractivity contribution < 1.29 is 0 Å². The summed E-state index contributed by atoms with van der Waals surface area (Å²) in [5, 5.41) is 4.12. The molecule has 2 N–H and O–H groups in total. The second-order valence-corrected chi connectivity index (χ2v) is 4.72. The molecular weight excluding hydrogens is 270 g/mol. The number of aryl methyl sites for hydroxylation is 1. The molecule has 7 nitrogen and oxygen atoms in total. The van der Waals surface area contributed by atoms with Gasteiger partial charge in [0.05, 0.1) is 0 Å². The van der Waals surface area contributed by atoms with Gasteiger partial charge < -0.3 is 10.6 Å². The number of benzene rings is 1. The molecule has 7 heteroatoms. The summed E-state index contributed by atoms with van der Waals surface area (Å²) in [6.07, 6.45) is 0.711. The molecule has 0 aliphatic heterocycles. The van der Waals surface area contributed by atoms with Crippen molar-refractivity contribution in [1.82, 2.24) is 14.3 Å². The van der Waals surface area contributed by atoms with Crippen molar-refractivity contribution in [2.75, 3.05) is 18.0 Å². The van der Waals surface area contributed by atoms with Crippen molar-refractivity contribution in [3.8, 4) is 0 Å². The number of nitrogens with zero attached hydrogens (tertiary/aromatic N) is 4. The molecule has 112 valence electrons. The van der Waals surface area contributed by atoms with Gasteiger partial charge in [-0.3, -0.25) is 9.36 Å². The molecular formula is C14H19N5O2. The molecule has 1 aromatic carbocycles. The molecule has 0 radical (unpaired) electrons. The Hall–Kier alpha value is -2.41. The minimum Gasteiger partial charge on any atom is -0.330 e. The summed E-state index contributed by atoms with van der Waals surface area (Å²) in [5.74, 6) is 0.222. The summed E-state index contributed by atoms with van der Waals surface area (Å²) in [5.41, 5.74) is 5.55. The summed E-state index contributed by atoms with van der Waals surface area (Å²) in [4.78, 5) is 25.9. The first-order valence-corrected chi connectivity index (χ1v) is 6.73. The maximum atomic E-state index is 12.3. The smallest absolute Gasteiger partial charge is 0.330 e. The van der Waals surface area contributed by atoms with Crippen molar-refractivity contribution in [3.05, 3.63) is 51.2 Å². The Balaban J connectivity index is 2.57. The first-order valence-electron chi connectivity index (χ1n) is 6.73. The third-order valence-corrected chi connectivity index (χ3v) is 3.21. The first-order chi connectivity index (χ1) is 10.1. The van der Waals surface area contributed by atoms with E-state index in [4.69, 9.17) is 5.73 Å². The number of nitrogens with two attached hydrogens (primary N) is 1. The van der Waals surface area contributed by atoms with E-state index in [2.05, 4.69) is 5.10 Å². The highest BCUT2D eigenvalue weighted by Crippen LogP contribution is 2.19. The van der Waals surface area contributed by atoms with Crippen LogP contribution < -0.4 is 21.9 Å². The average molecular weight is 289 g/mol. The third-order valence-electron chi connectivity index (χ3n) is 3.21. The van der Waals surface area contributed by atoms with E-state index in [1.807, 2.05) is 30.3 Å². The fourth-order valence-corrected chi connectivity index (χ4v) is 2.07. The van der Waals surface area contributed by atoms with E-state index in [9.17, 15) is 9.59 Å². The van der Waals surface area contributed by atoms with Crippen molar-refractivity contribution in [2.24, 2.45) is 19.8 Å². The molecule has 1 aromatic heterocycles. The lowest BCUT2D eigenvalue weighted by molar-refractivity contribution is 0.595. The predicted molar refractivity (Wildman–Crippen MR) is 81.8 cm³/mol. The van der Waals surface area contributed by atoms with Crippen LogP contribution in [0.3, 0.4) is 0 Å². The van der Waals surface area contributed by atoms with Gasteiger partial charge in [0.25, 0.3) is 5.56 Å². The summed E-state index contributed by atoms with van der Waals surface area (Å²) in [6, 6.07) is 9.46. The van der Waals surface area contributed by atoms with Crippen LogP contribution in [0.4, 0.5) is 11.5 Å². The molecule has 0 fully saturated rings. The van der Waals surface area contributed by atoms with Crippen LogP contribution in [0.25, 0.3) is 0 Å². The fraction of sp³-hybridized carbons (Fsp3) is 0.357. The molecule has 0 amide bonds. The number of hydrogen-bond donors (Lipinski definition) is 1. The van der Waals surface area contributed by atoms with Gasteiger partial charge in [0.1, 0.15) is 0 Å². The van der Waals surface area contributed by atoms with Crippen LogP contribution in [-0.4, -0.2) is 27.4 Å². The van der Waals surface area contributed by atoms with Crippen molar-refractivity contribution in [3.63, 3.8) is 0 Å². The monoisotopic (exact) mass is 289 g/mol. The number of anilines is 2. The van der Waals surface area contributed by atoms with E-state index in [-0.39, 0.29) is 5.82 Å². The average Bonchev–Trinajstić information content (AvgIpc) is 2.51. The Bertz CT molecular complexity index is 720.